The highest BCUT2D eigenvalue weighted by atomic mass is 16.3. The van der Waals surface area contributed by atoms with E-state index in [1.807, 2.05) is 13.0 Å². The lowest BCUT2D eigenvalue weighted by molar-refractivity contribution is 0.272. The molecule has 6 nitrogen and oxygen atoms in total. The molecule has 0 saturated heterocycles. The number of rotatable bonds is 2. The Morgan fingerprint density at radius 3 is 2.88 bits per heavy atom. The van der Waals surface area contributed by atoms with Crippen molar-refractivity contribution in [2.24, 2.45) is 7.05 Å². The molecular formula is C10H14N4O2. The number of anilines is 1. The van der Waals surface area contributed by atoms with Gasteiger partial charge in [-0.1, -0.05) is 0 Å². The molecule has 0 aromatic carbocycles. The number of nitrogen functional groups attached to an aromatic ring is 1. The number of aromatic nitrogens is 3. The van der Waals surface area contributed by atoms with Crippen LogP contribution < -0.4 is 11.3 Å². The fourth-order valence-corrected chi connectivity index (χ4v) is 1.75. The first-order valence-corrected chi connectivity index (χ1v) is 4.99. The van der Waals surface area contributed by atoms with E-state index in [4.69, 9.17) is 10.8 Å². The van der Waals surface area contributed by atoms with Crippen molar-refractivity contribution in [3.05, 3.63) is 22.1 Å². The van der Waals surface area contributed by atoms with E-state index in [9.17, 15) is 4.79 Å². The number of hydrogen-bond donors (Lipinski definition) is 2. The van der Waals surface area contributed by atoms with Gasteiger partial charge in [0.05, 0.1) is 18.7 Å². The Bertz CT molecular complexity index is 597. The number of nitrogens with zero attached hydrogens (tertiary/aromatic N) is 3. The van der Waals surface area contributed by atoms with E-state index < -0.39 is 0 Å². The fraction of sp³-hybridized carbons (Fsp3) is 0.400. The smallest absolute Gasteiger partial charge is 0.263 e. The highest BCUT2D eigenvalue weighted by molar-refractivity contribution is 5.88. The van der Waals surface area contributed by atoms with Crippen molar-refractivity contribution in [1.82, 2.24) is 14.3 Å². The Hall–Kier alpha value is -1.82. The maximum Gasteiger partial charge on any atom is 0.263 e. The first-order valence-electron chi connectivity index (χ1n) is 4.99. The lowest BCUT2D eigenvalue weighted by Crippen LogP contribution is -2.19. The van der Waals surface area contributed by atoms with Crippen LogP contribution in [0, 0.1) is 6.92 Å². The summed E-state index contributed by atoms with van der Waals surface area (Å²) in [5.41, 5.74) is 7.05. The number of pyridine rings is 1. The van der Waals surface area contributed by atoms with Gasteiger partial charge >= 0.3 is 0 Å². The van der Waals surface area contributed by atoms with Crippen molar-refractivity contribution in [2.45, 2.75) is 13.5 Å². The van der Waals surface area contributed by atoms with E-state index in [1.165, 1.54) is 4.57 Å². The number of aryl methyl sites for hydroxylation is 1. The highest BCUT2D eigenvalue weighted by Crippen LogP contribution is 2.17. The molecule has 0 unspecified atom stereocenters. The molecular weight excluding hydrogens is 208 g/mol. The summed E-state index contributed by atoms with van der Waals surface area (Å²) in [6, 6.07) is 1.84. The average Bonchev–Trinajstić information content (AvgIpc) is 2.53. The molecule has 2 aromatic rings. The van der Waals surface area contributed by atoms with E-state index in [2.05, 4.69) is 5.10 Å². The summed E-state index contributed by atoms with van der Waals surface area (Å²) in [7, 11) is 1.69. The summed E-state index contributed by atoms with van der Waals surface area (Å²) in [4.78, 5) is 12.0. The van der Waals surface area contributed by atoms with E-state index in [0.29, 0.717) is 17.4 Å². The molecule has 86 valence electrons. The molecule has 0 bridgehead atoms. The van der Waals surface area contributed by atoms with Gasteiger partial charge in [-0.3, -0.25) is 9.48 Å². The second-order valence-electron chi connectivity index (χ2n) is 3.74. The lowest BCUT2D eigenvalue weighted by atomic mass is 10.2. The molecule has 0 atom stereocenters. The standard InChI is InChI=1S/C10H14N4O2/c1-6-5-7-8(10(16)13(6)2)9(11)12-14(7)3-4-15/h5,15H,3-4H2,1-2H3,(H2,11,12). The molecule has 0 aliphatic heterocycles. The maximum atomic E-state index is 12.0. The maximum absolute atomic E-state index is 12.0. The quantitative estimate of drug-likeness (QED) is 0.725. The Morgan fingerprint density at radius 2 is 2.25 bits per heavy atom. The van der Waals surface area contributed by atoms with Gasteiger partial charge in [-0.2, -0.15) is 5.10 Å². The minimum Gasteiger partial charge on any atom is -0.394 e. The Kier molecular flexibility index (Phi) is 2.43. The summed E-state index contributed by atoms with van der Waals surface area (Å²) in [5, 5.41) is 13.4. The second kappa shape index (κ2) is 3.64. The molecule has 6 heteroatoms. The summed E-state index contributed by atoms with van der Waals surface area (Å²) in [6.45, 7) is 2.14. The third-order valence-corrected chi connectivity index (χ3v) is 2.72. The number of aliphatic hydroxyl groups excluding tert-OH is 1. The van der Waals surface area contributed by atoms with Gasteiger partial charge in [0, 0.05) is 12.7 Å². The van der Waals surface area contributed by atoms with Crippen molar-refractivity contribution in [3.63, 3.8) is 0 Å². The molecule has 0 spiro atoms. The van der Waals surface area contributed by atoms with Crippen LogP contribution in [-0.4, -0.2) is 26.1 Å². The lowest BCUT2D eigenvalue weighted by Gasteiger charge is -2.04. The zero-order valence-corrected chi connectivity index (χ0v) is 9.27. The van der Waals surface area contributed by atoms with E-state index in [1.54, 1.807) is 11.7 Å². The molecule has 3 N–H and O–H groups in total. The Labute approximate surface area is 91.9 Å². The van der Waals surface area contributed by atoms with Crippen molar-refractivity contribution in [1.29, 1.82) is 0 Å². The minimum absolute atomic E-state index is 0.0372. The van der Waals surface area contributed by atoms with Gasteiger partial charge in [-0.05, 0) is 13.0 Å². The third kappa shape index (κ3) is 1.38. The first kappa shape index (κ1) is 10.7. The van der Waals surface area contributed by atoms with Crippen molar-refractivity contribution in [3.8, 4) is 0 Å². The highest BCUT2D eigenvalue weighted by Gasteiger charge is 2.13. The SMILES string of the molecule is Cc1cc2c(c(N)nn2CCO)c(=O)n1C. The van der Waals surface area contributed by atoms with Crippen LogP contribution in [-0.2, 0) is 13.6 Å². The third-order valence-electron chi connectivity index (χ3n) is 2.72. The molecule has 2 heterocycles. The molecule has 0 radical (unpaired) electrons. The molecule has 16 heavy (non-hydrogen) atoms. The zero-order valence-electron chi connectivity index (χ0n) is 9.27. The predicted molar refractivity (Wildman–Crippen MR) is 61.2 cm³/mol. The largest absolute Gasteiger partial charge is 0.394 e. The molecule has 0 amide bonds. The summed E-state index contributed by atoms with van der Waals surface area (Å²) in [6.07, 6.45) is 0. The summed E-state index contributed by atoms with van der Waals surface area (Å²) < 4.78 is 3.09. The van der Waals surface area contributed by atoms with Gasteiger partial charge in [0.15, 0.2) is 5.82 Å². The van der Waals surface area contributed by atoms with Crippen LogP contribution in [0.5, 0.6) is 0 Å². The number of aliphatic hydroxyl groups is 1. The van der Waals surface area contributed by atoms with E-state index in [0.717, 1.165) is 5.69 Å². The van der Waals surface area contributed by atoms with Crippen molar-refractivity contribution < 1.29 is 5.11 Å². The molecule has 0 aliphatic rings. The number of hydrogen-bond acceptors (Lipinski definition) is 4. The van der Waals surface area contributed by atoms with Crippen LogP contribution in [0.4, 0.5) is 5.82 Å². The van der Waals surface area contributed by atoms with E-state index >= 15 is 0 Å². The van der Waals surface area contributed by atoms with Gasteiger partial charge in [0.1, 0.15) is 5.39 Å². The molecule has 2 rings (SSSR count). The van der Waals surface area contributed by atoms with Crippen LogP contribution in [0.25, 0.3) is 10.9 Å². The zero-order chi connectivity index (χ0) is 11.9. The monoisotopic (exact) mass is 222 g/mol. The number of nitrogens with two attached hydrogens (primary N) is 1. The van der Waals surface area contributed by atoms with E-state index in [-0.39, 0.29) is 18.0 Å². The van der Waals surface area contributed by atoms with Gasteiger partial charge in [-0.25, -0.2) is 0 Å². The van der Waals surface area contributed by atoms with Gasteiger partial charge in [0.2, 0.25) is 0 Å². The topological polar surface area (TPSA) is 86.1 Å². The van der Waals surface area contributed by atoms with Gasteiger partial charge in [0.25, 0.3) is 5.56 Å². The van der Waals surface area contributed by atoms with Crippen molar-refractivity contribution >= 4 is 16.7 Å². The predicted octanol–water partition coefficient (Wildman–Crippen LogP) is -0.382. The fourth-order valence-electron chi connectivity index (χ4n) is 1.75. The van der Waals surface area contributed by atoms with Gasteiger partial charge < -0.3 is 15.4 Å². The molecule has 2 aromatic heterocycles. The average molecular weight is 222 g/mol. The Balaban J connectivity index is 2.86. The van der Waals surface area contributed by atoms with Crippen LogP contribution in [0.2, 0.25) is 0 Å². The van der Waals surface area contributed by atoms with Crippen LogP contribution >= 0.6 is 0 Å². The minimum atomic E-state index is -0.156. The van der Waals surface area contributed by atoms with Crippen LogP contribution in [0.3, 0.4) is 0 Å². The van der Waals surface area contributed by atoms with Crippen molar-refractivity contribution in [2.75, 3.05) is 12.3 Å². The second-order valence-corrected chi connectivity index (χ2v) is 3.74. The van der Waals surface area contributed by atoms with Gasteiger partial charge in [-0.15, -0.1) is 0 Å². The normalized spacial score (nSPS) is 11.2. The molecule has 0 fully saturated rings. The number of fused-ring (bicyclic) bond motifs is 1. The van der Waals surface area contributed by atoms with Crippen LogP contribution in [0.15, 0.2) is 10.9 Å². The summed E-state index contributed by atoms with van der Waals surface area (Å²) in [5.74, 6) is 0.212. The summed E-state index contributed by atoms with van der Waals surface area (Å²) >= 11 is 0. The Morgan fingerprint density at radius 1 is 1.56 bits per heavy atom. The molecule has 0 saturated carbocycles. The first-order chi connectivity index (χ1) is 7.56. The molecule has 0 aliphatic carbocycles. The van der Waals surface area contributed by atoms with Crippen LogP contribution in [0.1, 0.15) is 5.69 Å².